The lowest BCUT2D eigenvalue weighted by Crippen LogP contribution is -2.39. The number of hydrogen-bond acceptors (Lipinski definition) is 7. The van der Waals surface area contributed by atoms with Gasteiger partial charge in [-0.3, -0.25) is 10.1 Å². The predicted octanol–water partition coefficient (Wildman–Crippen LogP) is 4.79. The fourth-order valence-electron chi connectivity index (χ4n) is 4.13. The number of pyridine rings is 1. The molecule has 0 radical (unpaired) electrons. The molecule has 2 atom stereocenters. The van der Waals surface area contributed by atoms with Gasteiger partial charge in [-0.25, -0.2) is 0 Å². The number of aromatic nitrogens is 5. The van der Waals surface area contributed by atoms with Crippen LogP contribution in [0.1, 0.15) is 31.9 Å². The number of halogens is 2. The highest BCUT2D eigenvalue weighted by atomic mass is 35.5. The summed E-state index contributed by atoms with van der Waals surface area (Å²) in [5.41, 5.74) is 8.98. The van der Waals surface area contributed by atoms with Crippen molar-refractivity contribution in [2.45, 2.75) is 31.9 Å². The fraction of sp³-hybridized carbons (Fsp3) is 0.304. The van der Waals surface area contributed by atoms with E-state index in [1.807, 2.05) is 37.3 Å². The number of nitrogens with two attached hydrogens (primary N) is 1. The van der Waals surface area contributed by atoms with Crippen LogP contribution in [-0.4, -0.2) is 44.0 Å². The monoisotopic (exact) mass is 483 g/mol. The molecule has 33 heavy (non-hydrogen) atoms. The van der Waals surface area contributed by atoms with E-state index in [1.54, 1.807) is 12.4 Å². The first-order valence-corrected chi connectivity index (χ1v) is 11.4. The summed E-state index contributed by atoms with van der Waals surface area (Å²) in [4.78, 5) is 6.15. The van der Waals surface area contributed by atoms with E-state index < -0.39 is 0 Å². The molecule has 1 aromatic carbocycles. The van der Waals surface area contributed by atoms with Crippen molar-refractivity contribution in [1.82, 2.24) is 25.4 Å². The smallest absolute Gasteiger partial charge is 0.151 e. The first-order chi connectivity index (χ1) is 15.8. The lowest BCUT2D eigenvalue weighted by atomic mass is 10.0. The quantitative estimate of drug-likeness (QED) is 0.420. The van der Waals surface area contributed by atoms with Crippen molar-refractivity contribution in [3.05, 3.63) is 58.3 Å². The van der Waals surface area contributed by atoms with E-state index in [0.29, 0.717) is 32.7 Å². The number of benzene rings is 1. The number of hydrogen-bond donors (Lipinski definition) is 2. The Hall–Kier alpha value is -2.94. The van der Waals surface area contributed by atoms with Gasteiger partial charge in [0.25, 0.3) is 0 Å². The van der Waals surface area contributed by atoms with Crippen molar-refractivity contribution in [3.63, 3.8) is 0 Å². The van der Waals surface area contributed by atoms with Crippen LogP contribution in [0.15, 0.2) is 42.7 Å². The SMILES string of the molecule is C[C@@H](Oc1ccc2[nH]nc(-c3ccc(N4CC[C@@](C)(N)C4)nn3)c2c1)c1c(Cl)cncc1Cl. The van der Waals surface area contributed by atoms with Crippen molar-refractivity contribution in [3.8, 4) is 17.1 Å². The summed E-state index contributed by atoms with van der Waals surface area (Å²) in [6.45, 7) is 5.58. The number of nitrogens with zero attached hydrogens (tertiary/aromatic N) is 5. The van der Waals surface area contributed by atoms with Gasteiger partial charge >= 0.3 is 0 Å². The highest BCUT2D eigenvalue weighted by molar-refractivity contribution is 6.35. The molecule has 3 aromatic heterocycles. The molecule has 1 fully saturated rings. The number of ether oxygens (including phenoxy) is 1. The van der Waals surface area contributed by atoms with Gasteiger partial charge in [0.1, 0.15) is 23.2 Å². The maximum Gasteiger partial charge on any atom is 0.151 e. The molecule has 1 aliphatic rings. The van der Waals surface area contributed by atoms with Crippen LogP contribution < -0.4 is 15.4 Å². The Balaban J connectivity index is 1.41. The van der Waals surface area contributed by atoms with Crippen molar-refractivity contribution in [2.24, 2.45) is 5.73 Å². The Labute approximate surface area is 201 Å². The van der Waals surface area contributed by atoms with Gasteiger partial charge in [0, 0.05) is 42.0 Å². The summed E-state index contributed by atoms with van der Waals surface area (Å²) in [5, 5.41) is 18.2. The molecule has 4 aromatic rings. The highest BCUT2D eigenvalue weighted by Crippen LogP contribution is 2.34. The second-order valence-electron chi connectivity index (χ2n) is 8.66. The minimum Gasteiger partial charge on any atom is -0.486 e. The van der Waals surface area contributed by atoms with Gasteiger partial charge in [-0.2, -0.15) is 5.10 Å². The molecule has 0 unspecified atom stereocenters. The molecule has 8 nitrogen and oxygen atoms in total. The van der Waals surface area contributed by atoms with Gasteiger partial charge < -0.3 is 15.4 Å². The molecule has 5 rings (SSSR count). The van der Waals surface area contributed by atoms with E-state index in [9.17, 15) is 0 Å². The molecule has 0 amide bonds. The zero-order valence-corrected chi connectivity index (χ0v) is 19.7. The second-order valence-corrected chi connectivity index (χ2v) is 9.47. The Morgan fingerprint density at radius 1 is 1.15 bits per heavy atom. The first-order valence-electron chi connectivity index (χ1n) is 10.6. The third kappa shape index (κ3) is 4.34. The second kappa shape index (κ2) is 8.44. The molecule has 10 heteroatoms. The average molecular weight is 484 g/mol. The zero-order valence-electron chi connectivity index (χ0n) is 18.2. The minimum absolute atomic E-state index is 0.197. The molecular formula is C23H23Cl2N7O. The van der Waals surface area contributed by atoms with Crippen molar-refractivity contribution < 1.29 is 4.74 Å². The van der Waals surface area contributed by atoms with E-state index in [1.165, 1.54) is 0 Å². The third-order valence-electron chi connectivity index (χ3n) is 5.87. The summed E-state index contributed by atoms with van der Waals surface area (Å²) >= 11 is 12.6. The molecule has 0 spiro atoms. The van der Waals surface area contributed by atoms with Crippen molar-refractivity contribution >= 4 is 39.9 Å². The molecule has 1 saturated heterocycles. The lowest BCUT2D eigenvalue weighted by molar-refractivity contribution is 0.227. The predicted molar refractivity (Wildman–Crippen MR) is 130 cm³/mol. The Morgan fingerprint density at radius 2 is 1.94 bits per heavy atom. The minimum atomic E-state index is -0.367. The van der Waals surface area contributed by atoms with Gasteiger partial charge in [-0.15, -0.1) is 10.2 Å². The number of nitrogens with one attached hydrogen (secondary N) is 1. The van der Waals surface area contributed by atoms with Crippen LogP contribution in [0, 0.1) is 0 Å². The number of fused-ring (bicyclic) bond motifs is 1. The van der Waals surface area contributed by atoms with Crippen molar-refractivity contribution in [1.29, 1.82) is 0 Å². The van der Waals surface area contributed by atoms with Gasteiger partial charge in [0.05, 0.1) is 15.6 Å². The van der Waals surface area contributed by atoms with E-state index in [-0.39, 0.29) is 11.6 Å². The summed E-state index contributed by atoms with van der Waals surface area (Å²) < 4.78 is 6.14. The molecule has 0 aliphatic carbocycles. The Morgan fingerprint density at radius 3 is 2.61 bits per heavy atom. The Kier molecular flexibility index (Phi) is 5.60. The summed E-state index contributed by atoms with van der Waals surface area (Å²) in [5.74, 6) is 1.47. The number of anilines is 1. The standard InChI is InChI=1S/C23H23Cl2N7O/c1-13(21-16(24)10-27-11-17(21)25)33-14-3-4-18-15(9-14)22(31-28-18)19-5-6-20(30-29-19)32-8-7-23(2,26)12-32/h3-6,9-11,13H,7-8,12,26H2,1-2H3,(H,28,31)/t13-,23-/m1/s1. The number of H-pyrrole nitrogens is 1. The van der Waals surface area contributed by atoms with Gasteiger partial charge in [-0.1, -0.05) is 23.2 Å². The maximum absolute atomic E-state index is 6.28. The topological polar surface area (TPSA) is 106 Å². The summed E-state index contributed by atoms with van der Waals surface area (Å²) in [6, 6.07) is 9.59. The fourth-order valence-corrected chi connectivity index (χ4v) is 4.81. The largest absolute Gasteiger partial charge is 0.486 e. The van der Waals surface area contributed by atoms with Crippen LogP contribution >= 0.6 is 23.2 Å². The van der Waals surface area contributed by atoms with Gasteiger partial charge in [-0.05, 0) is 50.6 Å². The normalized spacial score (nSPS) is 19.2. The maximum atomic E-state index is 6.28. The van der Waals surface area contributed by atoms with Crippen LogP contribution in [0.4, 0.5) is 5.82 Å². The average Bonchev–Trinajstić information content (AvgIpc) is 3.36. The number of rotatable bonds is 5. The van der Waals surface area contributed by atoms with Crippen LogP contribution in [0.5, 0.6) is 5.75 Å². The number of aromatic amines is 1. The van der Waals surface area contributed by atoms with Crippen LogP contribution in [0.25, 0.3) is 22.3 Å². The highest BCUT2D eigenvalue weighted by Gasteiger charge is 2.30. The van der Waals surface area contributed by atoms with Crippen molar-refractivity contribution in [2.75, 3.05) is 18.0 Å². The van der Waals surface area contributed by atoms with Crippen LogP contribution in [0.2, 0.25) is 10.0 Å². The van der Waals surface area contributed by atoms with E-state index in [0.717, 1.165) is 36.2 Å². The van der Waals surface area contributed by atoms with Crippen LogP contribution in [-0.2, 0) is 0 Å². The van der Waals surface area contributed by atoms with Gasteiger partial charge in [0.15, 0.2) is 5.82 Å². The lowest BCUT2D eigenvalue weighted by Gasteiger charge is -2.20. The van der Waals surface area contributed by atoms with E-state index in [2.05, 4.69) is 37.2 Å². The zero-order chi connectivity index (χ0) is 23.2. The molecule has 1 aliphatic heterocycles. The van der Waals surface area contributed by atoms with E-state index >= 15 is 0 Å². The molecule has 0 saturated carbocycles. The van der Waals surface area contributed by atoms with Crippen LogP contribution in [0.3, 0.4) is 0 Å². The molecule has 0 bridgehead atoms. The Bertz CT molecular complexity index is 1290. The molecule has 170 valence electrons. The molecule has 3 N–H and O–H groups in total. The third-order valence-corrected chi connectivity index (χ3v) is 6.47. The van der Waals surface area contributed by atoms with Gasteiger partial charge in [0.2, 0.25) is 0 Å². The van der Waals surface area contributed by atoms with E-state index in [4.69, 9.17) is 33.7 Å². The molecule has 4 heterocycles. The molecular weight excluding hydrogens is 461 g/mol. The first kappa shape index (κ1) is 21.9. The summed E-state index contributed by atoms with van der Waals surface area (Å²) in [6.07, 6.45) is 3.67. The summed E-state index contributed by atoms with van der Waals surface area (Å²) in [7, 11) is 0.